The molecule has 2 rings (SSSR count). The number of rotatable bonds is 1. The number of aliphatic hydroxyl groups is 1. The van der Waals surface area contributed by atoms with Gasteiger partial charge < -0.3 is 5.11 Å². The summed E-state index contributed by atoms with van der Waals surface area (Å²) in [4.78, 5) is 0. The summed E-state index contributed by atoms with van der Waals surface area (Å²) in [5.74, 6) is 0. The van der Waals surface area contributed by atoms with Crippen molar-refractivity contribution in [3.05, 3.63) is 41.5 Å². The van der Waals surface area contributed by atoms with Crippen LogP contribution >= 0.6 is 0 Å². The highest BCUT2D eigenvalue weighted by Gasteiger charge is 2.27. The van der Waals surface area contributed by atoms with E-state index in [1.165, 1.54) is 16.7 Å². The van der Waals surface area contributed by atoms with Crippen molar-refractivity contribution in [2.24, 2.45) is 5.41 Å². The van der Waals surface area contributed by atoms with E-state index in [4.69, 9.17) is 0 Å². The Balaban J connectivity index is 2.30. The Morgan fingerprint density at radius 1 is 1.19 bits per heavy atom. The summed E-state index contributed by atoms with van der Waals surface area (Å²) < 4.78 is 0. The third-order valence-corrected chi connectivity index (χ3v) is 3.25. The van der Waals surface area contributed by atoms with Crippen LogP contribution < -0.4 is 0 Å². The molecule has 0 bridgehead atoms. The normalized spacial score (nSPS) is 24.0. The van der Waals surface area contributed by atoms with Crippen molar-refractivity contribution in [3.8, 4) is 0 Å². The molecule has 1 aromatic carbocycles. The molecule has 0 aromatic heterocycles. The van der Waals surface area contributed by atoms with Gasteiger partial charge in [0.2, 0.25) is 0 Å². The lowest BCUT2D eigenvalue weighted by molar-refractivity contribution is 0.146. The maximum absolute atomic E-state index is 9.85. The first-order chi connectivity index (χ1) is 7.46. The molecular weight excluding hydrogens is 196 g/mol. The quantitative estimate of drug-likeness (QED) is 0.761. The second kappa shape index (κ2) is 4.06. The van der Waals surface area contributed by atoms with Crippen molar-refractivity contribution in [1.82, 2.24) is 0 Å². The van der Waals surface area contributed by atoms with Gasteiger partial charge in [0.25, 0.3) is 0 Å². The zero-order chi connectivity index (χ0) is 11.8. The van der Waals surface area contributed by atoms with Crippen molar-refractivity contribution >= 4 is 5.57 Å². The molecule has 0 fully saturated rings. The number of aryl methyl sites for hydroxylation is 1. The fourth-order valence-corrected chi connectivity index (χ4v) is 2.47. The predicted octanol–water partition coefficient (Wildman–Crippen LogP) is 3.56. The molecule has 1 nitrogen and oxygen atoms in total. The summed E-state index contributed by atoms with van der Waals surface area (Å²) in [6.45, 7) is 6.53. The van der Waals surface area contributed by atoms with Gasteiger partial charge >= 0.3 is 0 Å². The lowest BCUT2D eigenvalue weighted by Crippen LogP contribution is -2.24. The summed E-state index contributed by atoms with van der Waals surface area (Å²) in [5.41, 5.74) is 4.01. The Labute approximate surface area is 97.8 Å². The van der Waals surface area contributed by atoms with E-state index in [9.17, 15) is 5.11 Å². The SMILES string of the molecule is Cc1ccc(C2=CC(O)CC(C)(C)C2)cc1. The molecule has 1 aliphatic rings. The lowest BCUT2D eigenvalue weighted by atomic mass is 9.74. The van der Waals surface area contributed by atoms with Crippen LogP contribution in [0.1, 0.15) is 37.8 Å². The number of hydrogen-bond acceptors (Lipinski definition) is 1. The summed E-state index contributed by atoms with van der Waals surface area (Å²) >= 11 is 0. The molecular formula is C15H20O. The molecule has 0 heterocycles. The molecule has 1 N–H and O–H groups in total. The van der Waals surface area contributed by atoms with E-state index in [1.54, 1.807) is 0 Å². The third-order valence-electron chi connectivity index (χ3n) is 3.25. The summed E-state index contributed by atoms with van der Waals surface area (Å²) in [6, 6.07) is 8.55. The first kappa shape index (κ1) is 11.4. The Morgan fingerprint density at radius 3 is 2.38 bits per heavy atom. The van der Waals surface area contributed by atoms with Gasteiger partial charge in [-0.2, -0.15) is 0 Å². The van der Waals surface area contributed by atoms with E-state index in [1.807, 2.05) is 6.08 Å². The van der Waals surface area contributed by atoms with Crippen molar-refractivity contribution in [2.75, 3.05) is 0 Å². The number of aliphatic hydroxyl groups excluding tert-OH is 1. The van der Waals surface area contributed by atoms with Crippen molar-refractivity contribution in [3.63, 3.8) is 0 Å². The van der Waals surface area contributed by atoms with E-state index >= 15 is 0 Å². The van der Waals surface area contributed by atoms with Gasteiger partial charge in [0.1, 0.15) is 0 Å². The average molecular weight is 216 g/mol. The minimum atomic E-state index is -0.292. The van der Waals surface area contributed by atoms with E-state index < -0.39 is 0 Å². The van der Waals surface area contributed by atoms with Gasteiger partial charge in [0, 0.05) is 0 Å². The molecule has 0 saturated carbocycles. The van der Waals surface area contributed by atoms with Crippen LogP contribution in [0.2, 0.25) is 0 Å². The van der Waals surface area contributed by atoms with Gasteiger partial charge in [-0.1, -0.05) is 49.8 Å². The minimum Gasteiger partial charge on any atom is -0.389 e. The monoisotopic (exact) mass is 216 g/mol. The molecule has 86 valence electrons. The third kappa shape index (κ3) is 2.53. The molecule has 1 atom stereocenters. The van der Waals surface area contributed by atoms with Gasteiger partial charge in [-0.05, 0) is 36.3 Å². The van der Waals surface area contributed by atoms with Gasteiger partial charge in [-0.15, -0.1) is 0 Å². The predicted molar refractivity (Wildman–Crippen MR) is 68.2 cm³/mol. The summed E-state index contributed by atoms with van der Waals surface area (Å²) in [5, 5.41) is 9.85. The molecule has 1 aliphatic carbocycles. The van der Waals surface area contributed by atoms with Gasteiger partial charge in [-0.25, -0.2) is 0 Å². The van der Waals surface area contributed by atoms with Crippen molar-refractivity contribution in [1.29, 1.82) is 0 Å². The molecule has 1 unspecified atom stereocenters. The van der Waals surface area contributed by atoms with Crippen LogP contribution in [0.5, 0.6) is 0 Å². The van der Waals surface area contributed by atoms with E-state index in [0.29, 0.717) is 0 Å². The van der Waals surface area contributed by atoms with E-state index in [2.05, 4.69) is 45.0 Å². The summed E-state index contributed by atoms with van der Waals surface area (Å²) in [7, 11) is 0. The number of hydrogen-bond donors (Lipinski definition) is 1. The Hall–Kier alpha value is -1.08. The largest absolute Gasteiger partial charge is 0.389 e. The van der Waals surface area contributed by atoms with Gasteiger partial charge in [0.15, 0.2) is 0 Å². The van der Waals surface area contributed by atoms with Crippen LogP contribution in [0.4, 0.5) is 0 Å². The number of benzene rings is 1. The maximum Gasteiger partial charge on any atom is 0.0732 e. The van der Waals surface area contributed by atoms with E-state index in [0.717, 1.165) is 12.8 Å². The van der Waals surface area contributed by atoms with Crippen LogP contribution in [0.15, 0.2) is 30.3 Å². The first-order valence-electron chi connectivity index (χ1n) is 5.92. The van der Waals surface area contributed by atoms with Crippen LogP contribution in [0, 0.1) is 12.3 Å². The highest BCUT2D eigenvalue weighted by Crippen LogP contribution is 2.39. The van der Waals surface area contributed by atoms with Gasteiger partial charge in [0.05, 0.1) is 6.10 Å². The summed E-state index contributed by atoms with van der Waals surface area (Å²) in [6.07, 6.45) is 3.63. The van der Waals surface area contributed by atoms with Crippen LogP contribution in [0.3, 0.4) is 0 Å². The molecule has 0 spiro atoms. The van der Waals surface area contributed by atoms with Gasteiger partial charge in [-0.3, -0.25) is 0 Å². The Kier molecular flexibility index (Phi) is 2.90. The second-order valence-electron chi connectivity index (χ2n) is 5.67. The second-order valence-corrected chi connectivity index (χ2v) is 5.67. The Bertz CT molecular complexity index is 398. The molecule has 1 aromatic rings. The maximum atomic E-state index is 9.85. The first-order valence-corrected chi connectivity index (χ1v) is 5.92. The van der Waals surface area contributed by atoms with Crippen LogP contribution in [-0.4, -0.2) is 11.2 Å². The highest BCUT2D eigenvalue weighted by molar-refractivity contribution is 5.67. The molecule has 0 amide bonds. The molecule has 1 heteroatoms. The lowest BCUT2D eigenvalue weighted by Gasteiger charge is -2.32. The highest BCUT2D eigenvalue weighted by atomic mass is 16.3. The molecule has 0 radical (unpaired) electrons. The molecule has 16 heavy (non-hydrogen) atoms. The Morgan fingerprint density at radius 2 is 1.81 bits per heavy atom. The van der Waals surface area contributed by atoms with E-state index in [-0.39, 0.29) is 11.5 Å². The minimum absolute atomic E-state index is 0.203. The standard InChI is InChI=1S/C15H20O/c1-11-4-6-12(7-5-11)13-8-14(16)10-15(2,3)9-13/h4-8,14,16H,9-10H2,1-3H3. The van der Waals surface area contributed by atoms with Crippen LogP contribution in [0.25, 0.3) is 5.57 Å². The van der Waals surface area contributed by atoms with Crippen molar-refractivity contribution in [2.45, 2.75) is 39.7 Å². The molecule has 0 saturated heterocycles. The fourth-order valence-electron chi connectivity index (χ4n) is 2.47. The van der Waals surface area contributed by atoms with Crippen LogP contribution in [-0.2, 0) is 0 Å². The molecule has 0 aliphatic heterocycles. The fraction of sp³-hybridized carbons (Fsp3) is 0.467. The zero-order valence-corrected chi connectivity index (χ0v) is 10.3. The smallest absolute Gasteiger partial charge is 0.0732 e. The zero-order valence-electron chi connectivity index (χ0n) is 10.3. The van der Waals surface area contributed by atoms with Crippen molar-refractivity contribution < 1.29 is 5.11 Å². The number of allylic oxidation sites excluding steroid dienone is 1. The average Bonchev–Trinajstić information content (AvgIpc) is 2.15. The topological polar surface area (TPSA) is 20.2 Å².